The summed E-state index contributed by atoms with van der Waals surface area (Å²) in [7, 11) is 0. The van der Waals surface area contributed by atoms with Crippen LogP contribution in [0.15, 0.2) is 59.7 Å². The van der Waals surface area contributed by atoms with E-state index >= 15 is 0 Å². The van der Waals surface area contributed by atoms with Crippen LogP contribution in [0.3, 0.4) is 0 Å². The third-order valence-corrected chi connectivity index (χ3v) is 4.60. The molecule has 2 aromatic carbocycles. The van der Waals surface area contributed by atoms with Crippen molar-refractivity contribution in [2.24, 2.45) is 0 Å². The molecule has 0 spiro atoms. The Balaban J connectivity index is 1.75. The van der Waals surface area contributed by atoms with Crippen molar-refractivity contribution in [2.45, 2.75) is 18.9 Å². The summed E-state index contributed by atoms with van der Waals surface area (Å²) < 4.78 is 77.3. The minimum atomic E-state index is -4.64. The molecule has 32 heavy (non-hydrogen) atoms. The first kappa shape index (κ1) is 23.3. The number of aromatic nitrogens is 2. The molecule has 0 saturated carbocycles. The topological polar surface area (TPSA) is 64.0 Å². The lowest BCUT2D eigenvalue weighted by Crippen LogP contribution is -2.27. The van der Waals surface area contributed by atoms with Gasteiger partial charge in [0.2, 0.25) is 5.91 Å². The first-order chi connectivity index (χ1) is 14.8. The summed E-state index contributed by atoms with van der Waals surface area (Å²) >= 11 is 5.82. The van der Waals surface area contributed by atoms with Crippen LogP contribution in [0, 0.1) is 0 Å². The van der Waals surface area contributed by atoms with Gasteiger partial charge in [0.15, 0.2) is 0 Å². The molecule has 0 aliphatic rings. The summed E-state index contributed by atoms with van der Waals surface area (Å²) in [4.78, 5) is 28.4. The molecule has 1 aromatic heterocycles. The van der Waals surface area contributed by atoms with Gasteiger partial charge in [-0.1, -0.05) is 23.7 Å². The second-order valence-corrected chi connectivity index (χ2v) is 6.96. The summed E-state index contributed by atoms with van der Waals surface area (Å²) in [6.07, 6.45) is -8.15. The molecule has 0 fully saturated rings. The minimum absolute atomic E-state index is 0.0845. The summed E-state index contributed by atoms with van der Waals surface area (Å²) in [5.74, 6) is -0.836. The quantitative estimate of drug-likeness (QED) is 0.525. The van der Waals surface area contributed by atoms with Gasteiger partial charge in [-0.2, -0.15) is 26.3 Å². The number of hydrogen-bond acceptors (Lipinski definition) is 3. The maximum Gasteiger partial charge on any atom is 0.416 e. The van der Waals surface area contributed by atoms with Gasteiger partial charge in [-0.3, -0.25) is 14.2 Å². The first-order valence-corrected chi connectivity index (χ1v) is 9.13. The summed E-state index contributed by atoms with van der Waals surface area (Å²) in [5.41, 5.74) is -2.52. The number of nitrogens with zero attached hydrogens (tertiary/aromatic N) is 2. The van der Waals surface area contributed by atoms with Gasteiger partial charge in [-0.05, 0) is 30.3 Å². The zero-order valence-electron chi connectivity index (χ0n) is 15.8. The highest BCUT2D eigenvalue weighted by Gasteiger charge is 2.31. The van der Waals surface area contributed by atoms with E-state index in [1.54, 1.807) is 0 Å². The van der Waals surface area contributed by atoms with E-state index in [2.05, 4.69) is 10.3 Å². The van der Waals surface area contributed by atoms with E-state index in [0.717, 1.165) is 53.4 Å². The summed E-state index contributed by atoms with van der Waals surface area (Å²) in [5, 5.41) is 2.07. The van der Waals surface area contributed by atoms with Crippen LogP contribution in [0.5, 0.6) is 0 Å². The molecule has 0 unspecified atom stereocenters. The predicted octanol–water partition coefficient (Wildman–Crippen LogP) is 5.24. The number of carbonyl (C=O) groups is 1. The van der Waals surface area contributed by atoms with Gasteiger partial charge in [0.25, 0.3) is 5.56 Å². The Morgan fingerprint density at radius 3 is 2.09 bits per heavy atom. The van der Waals surface area contributed by atoms with E-state index in [1.807, 2.05) is 0 Å². The fraction of sp³-hybridized carbons (Fsp3) is 0.150. The molecule has 0 atom stereocenters. The van der Waals surface area contributed by atoms with Crippen molar-refractivity contribution in [3.63, 3.8) is 0 Å². The molecular formula is C20H12ClF6N3O2. The average molecular weight is 476 g/mol. The van der Waals surface area contributed by atoms with Crippen LogP contribution in [0.1, 0.15) is 11.1 Å². The van der Waals surface area contributed by atoms with Gasteiger partial charge >= 0.3 is 12.4 Å². The molecule has 1 heterocycles. The highest BCUT2D eigenvalue weighted by molar-refractivity contribution is 6.33. The van der Waals surface area contributed by atoms with E-state index in [-0.39, 0.29) is 22.0 Å². The standard InChI is InChI=1S/C20H12ClF6N3O2/c21-14-6-5-13(20(25,26)27)7-16(14)29-17(31)9-30-10-28-15(8-18(30)32)11-1-3-12(4-2-11)19(22,23)24/h1-8,10H,9H2,(H,29,31). The zero-order chi connectivity index (χ0) is 23.7. The van der Waals surface area contributed by atoms with Gasteiger partial charge in [-0.25, -0.2) is 4.98 Å². The molecule has 0 bridgehead atoms. The van der Waals surface area contributed by atoms with Crippen LogP contribution in [0.2, 0.25) is 5.02 Å². The molecule has 12 heteroatoms. The molecular weight excluding hydrogens is 464 g/mol. The Labute approximate surface area is 181 Å². The predicted molar refractivity (Wildman–Crippen MR) is 104 cm³/mol. The highest BCUT2D eigenvalue weighted by atomic mass is 35.5. The van der Waals surface area contributed by atoms with Crippen molar-refractivity contribution in [2.75, 3.05) is 5.32 Å². The Hall–Kier alpha value is -3.34. The minimum Gasteiger partial charge on any atom is -0.323 e. The summed E-state index contributed by atoms with van der Waals surface area (Å²) in [6, 6.07) is 7.40. The number of hydrogen-bond donors (Lipinski definition) is 1. The highest BCUT2D eigenvalue weighted by Crippen LogP contribution is 2.34. The largest absolute Gasteiger partial charge is 0.416 e. The fourth-order valence-corrected chi connectivity index (χ4v) is 2.84. The molecule has 3 rings (SSSR count). The third-order valence-electron chi connectivity index (χ3n) is 4.27. The first-order valence-electron chi connectivity index (χ1n) is 8.75. The molecule has 0 radical (unpaired) electrons. The zero-order valence-corrected chi connectivity index (χ0v) is 16.5. The van der Waals surface area contributed by atoms with Crippen LogP contribution in [-0.2, 0) is 23.7 Å². The van der Waals surface area contributed by atoms with Crippen molar-refractivity contribution in [3.05, 3.63) is 81.4 Å². The number of halogens is 7. The van der Waals surface area contributed by atoms with E-state index in [0.29, 0.717) is 6.07 Å². The van der Waals surface area contributed by atoms with Crippen molar-refractivity contribution in [1.82, 2.24) is 9.55 Å². The molecule has 0 aliphatic carbocycles. The van der Waals surface area contributed by atoms with Crippen LogP contribution < -0.4 is 10.9 Å². The SMILES string of the molecule is O=C(Cn1cnc(-c2ccc(C(F)(F)F)cc2)cc1=O)Nc1cc(C(F)(F)F)ccc1Cl. The van der Waals surface area contributed by atoms with Gasteiger partial charge in [0.1, 0.15) is 6.54 Å². The average Bonchev–Trinajstić information content (AvgIpc) is 2.70. The molecule has 5 nitrogen and oxygen atoms in total. The van der Waals surface area contributed by atoms with Gasteiger partial charge in [0.05, 0.1) is 33.9 Å². The lowest BCUT2D eigenvalue weighted by atomic mass is 10.1. The Bertz CT molecular complexity index is 1200. The maximum absolute atomic E-state index is 12.8. The van der Waals surface area contributed by atoms with Crippen molar-refractivity contribution in [3.8, 4) is 11.3 Å². The van der Waals surface area contributed by atoms with E-state index in [4.69, 9.17) is 11.6 Å². The maximum atomic E-state index is 12.8. The number of alkyl halides is 6. The van der Waals surface area contributed by atoms with E-state index in [9.17, 15) is 35.9 Å². The summed E-state index contributed by atoms with van der Waals surface area (Å²) in [6.45, 7) is -0.578. The van der Waals surface area contributed by atoms with Crippen molar-refractivity contribution >= 4 is 23.2 Å². The van der Waals surface area contributed by atoms with Crippen molar-refractivity contribution < 1.29 is 31.1 Å². The lowest BCUT2D eigenvalue weighted by molar-refractivity contribution is -0.138. The Morgan fingerprint density at radius 1 is 0.938 bits per heavy atom. The van der Waals surface area contributed by atoms with E-state index < -0.39 is 41.5 Å². The third kappa shape index (κ3) is 5.47. The monoisotopic (exact) mass is 475 g/mol. The molecule has 168 valence electrons. The smallest absolute Gasteiger partial charge is 0.323 e. The van der Waals surface area contributed by atoms with Crippen LogP contribution in [0.4, 0.5) is 32.0 Å². The van der Waals surface area contributed by atoms with Gasteiger partial charge in [0, 0.05) is 11.6 Å². The van der Waals surface area contributed by atoms with Gasteiger partial charge in [-0.15, -0.1) is 0 Å². The Kier molecular flexibility index (Phi) is 6.31. The number of benzene rings is 2. The Morgan fingerprint density at radius 2 is 1.53 bits per heavy atom. The molecule has 1 N–H and O–H groups in total. The lowest BCUT2D eigenvalue weighted by Gasteiger charge is -2.12. The number of anilines is 1. The fourth-order valence-electron chi connectivity index (χ4n) is 2.67. The number of carbonyl (C=O) groups excluding carboxylic acids is 1. The van der Waals surface area contributed by atoms with Crippen molar-refractivity contribution in [1.29, 1.82) is 0 Å². The second kappa shape index (κ2) is 8.65. The van der Waals surface area contributed by atoms with Crippen LogP contribution >= 0.6 is 11.6 Å². The second-order valence-electron chi connectivity index (χ2n) is 6.56. The van der Waals surface area contributed by atoms with Gasteiger partial charge < -0.3 is 5.32 Å². The van der Waals surface area contributed by atoms with E-state index in [1.165, 1.54) is 0 Å². The number of rotatable bonds is 4. The molecule has 1 amide bonds. The number of amides is 1. The molecule has 0 aliphatic heterocycles. The van der Waals surface area contributed by atoms with Crippen LogP contribution in [0.25, 0.3) is 11.3 Å². The normalized spacial score (nSPS) is 12.0. The van der Waals surface area contributed by atoms with Crippen LogP contribution in [-0.4, -0.2) is 15.5 Å². The molecule has 0 saturated heterocycles. The molecule has 3 aromatic rings. The number of nitrogens with one attached hydrogen (secondary N) is 1.